The van der Waals surface area contributed by atoms with Gasteiger partial charge in [-0.2, -0.15) is 0 Å². The molecule has 0 saturated heterocycles. The third-order valence-electron chi connectivity index (χ3n) is 4.62. The molecule has 0 heterocycles. The van der Waals surface area contributed by atoms with Crippen LogP contribution in [0.5, 0.6) is 28.7 Å². The zero-order valence-corrected chi connectivity index (χ0v) is 21.4. The monoisotopic (exact) mass is 504 g/mol. The van der Waals surface area contributed by atoms with Crippen molar-refractivity contribution in [2.24, 2.45) is 0 Å². The maximum Gasteiger partial charge on any atom is 0.327 e. The fourth-order valence-corrected chi connectivity index (χ4v) is 3.05. The molecule has 4 N–H and O–H groups in total. The molecule has 2 aromatic carbocycles. The van der Waals surface area contributed by atoms with Crippen molar-refractivity contribution in [1.29, 1.82) is 0 Å². The van der Waals surface area contributed by atoms with Crippen molar-refractivity contribution in [2.75, 3.05) is 19.8 Å². The van der Waals surface area contributed by atoms with Gasteiger partial charge in [0.1, 0.15) is 11.5 Å². The van der Waals surface area contributed by atoms with Gasteiger partial charge in [-0.3, -0.25) is 0 Å². The summed E-state index contributed by atoms with van der Waals surface area (Å²) in [5, 5.41) is 35.3. The number of phenolic OH excluding ortho intramolecular Hbond substituents is 2. The minimum absolute atomic E-state index is 0.0102. The highest BCUT2D eigenvalue weighted by Gasteiger charge is 2.34. The lowest BCUT2D eigenvalue weighted by atomic mass is 9.77. The van der Waals surface area contributed by atoms with E-state index in [0.29, 0.717) is 37.1 Å². The molecule has 0 aromatic heterocycles. The van der Waals surface area contributed by atoms with E-state index in [1.807, 2.05) is 46.8 Å². The van der Waals surface area contributed by atoms with Gasteiger partial charge in [0, 0.05) is 23.6 Å². The van der Waals surface area contributed by atoms with Gasteiger partial charge in [-0.25, -0.2) is 9.59 Å². The van der Waals surface area contributed by atoms with Crippen LogP contribution >= 0.6 is 0 Å². The number of ether oxygens (including phenoxy) is 3. The first kappa shape index (κ1) is 31.9. The molecule has 0 fully saturated rings. The number of aromatic hydroxyl groups is 2. The standard InChI is InChI=1S/C21H28O5.2C3H4O2/c1-6-24-17-13-16(23)19(25-7-2)20(26-8-3)18(17)21(4,5)14-9-11-15(22)12-10-14;2*1-2-3(4)5/h9-13,22-23H,6-8H2,1-5H3;2*2H,1H2,(H,4,5). The number of hydrogen-bond donors (Lipinski definition) is 4. The predicted molar refractivity (Wildman–Crippen MR) is 138 cm³/mol. The second-order valence-electron chi connectivity index (χ2n) is 7.48. The first-order valence-electron chi connectivity index (χ1n) is 11.2. The summed E-state index contributed by atoms with van der Waals surface area (Å²) in [6.45, 7) is 16.9. The SMILES string of the molecule is C=CC(=O)O.C=CC(=O)O.CCOc1cc(O)c(OCC)c(OCC)c1C(C)(C)c1ccc(O)cc1. The van der Waals surface area contributed by atoms with Gasteiger partial charge in [0.05, 0.1) is 25.4 Å². The summed E-state index contributed by atoms with van der Waals surface area (Å²) in [7, 11) is 0. The number of hydrogen-bond acceptors (Lipinski definition) is 7. The topological polar surface area (TPSA) is 143 Å². The van der Waals surface area contributed by atoms with Crippen LogP contribution in [0.2, 0.25) is 0 Å². The fourth-order valence-electron chi connectivity index (χ4n) is 3.05. The quantitative estimate of drug-likeness (QED) is 0.324. The van der Waals surface area contributed by atoms with Gasteiger partial charge in [0.15, 0.2) is 11.5 Å². The number of carbonyl (C=O) groups is 2. The van der Waals surface area contributed by atoms with Gasteiger partial charge >= 0.3 is 11.9 Å². The zero-order valence-electron chi connectivity index (χ0n) is 21.4. The van der Waals surface area contributed by atoms with Gasteiger partial charge in [0.25, 0.3) is 0 Å². The van der Waals surface area contributed by atoms with Gasteiger partial charge in [-0.1, -0.05) is 39.1 Å². The van der Waals surface area contributed by atoms with Gasteiger partial charge in [-0.05, 0) is 38.5 Å². The van der Waals surface area contributed by atoms with E-state index < -0.39 is 17.4 Å². The first-order valence-corrected chi connectivity index (χ1v) is 11.2. The molecule has 2 aromatic rings. The molecule has 2 rings (SSSR count). The van der Waals surface area contributed by atoms with E-state index in [9.17, 15) is 19.8 Å². The van der Waals surface area contributed by atoms with E-state index in [1.54, 1.807) is 18.2 Å². The number of benzene rings is 2. The summed E-state index contributed by atoms with van der Waals surface area (Å²) in [4.78, 5) is 18.5. The molecule has 0 bridgehead atoms. The summed E-state index contributed by atoms with van der Waals surface area (Å²) in [5.41, 5.74) is 1.26. The Morgan fingerprint density at radius 3 is 1.64 bits per heavy atom. The Labute approximate surface area is 211 Å². The number of aliphatic carboxylic acids is 2. The van der Waals surface area contributed by atoms with E-state index in [1.165, 1.54) is 0 Å². The summed E-state index contributed by atoms with van der Waals surface area (Å²) < 4.78 is 17.4. The molecule has 0 aliphatic heterocycles. The number of carboxylic acids is 2. The van der Waals surface area contributed by atoms with E-state index >= 15 is 0 Å². The molecule has 0 amide bonds. The molecule has 0 radical (unpaired) electrons. The van der Waals surface area contributed by atoms with Crippen molar-refractivity contribution in [2.45, 2.75) is 40.0 Å². The Kier molecular flexibility index (Phi) is 13.9. The van der Waals surface area contributed by atoms with E-state index in [2.05, 4.69) is 13.2 Å². The molecule has 0 aliphatic rings. The number of rotatable bonds is 10. The second-order valence-corrected chi connectivity index (χ2v) is 7.48. The van der Waals surface area contributed by atoms with Crippen molar-refractivity contribution in [3.05, 3.63) is 66.8 Å². The highest BCUT2D eigenvalue weighted by Crippen LogP contribution is 2.51. The van der Waals surface area contributed by atoms with Gasteiger partial charge in [-0.15, -0.1) is 0 Å². The van der Waals surface area contributed by atoms with Crippen molar-refractivity contribution >= 4 is 11.9 Å². The van der Waals surface area contributed by atoms with Crippen molar-refractivity contribution in [3.8, 4) is 28.7 Å². The van der Waals surface area contributed by atoms with E-state index in [4.69, 9.17) is 24.4 Å². The highest BCUT2D eigenvalue weighted by atomic mass is 16.5. The number of phenols is 2. The lowest BCUT2D eigenvalue weighted by Crippen LogP contribution is -2.22. The minimum atomic E-state index is -0.981. The van der Waals surface area contributed by atoms with Gasteiger partial charge < -0.3 is 34.6 Å². The predicted octanol–water partition coefficient (Wildman–Crippen LogP) is 5.13. The maximum atomic E-state index is 10.4. The normalized spacial score (nSPS) is 9.92. The smallest absolute Gasteiger partial charge is 0.327 e. The molecule has 9 nitrogen and oxygen atoms in total. The van der Waals surface area contributed by atoms with Crippen LogP contribution in [0.3, 0.4) is 0 Å². The van der Waals surface area contributed by atoms with Crippen LogP contribution in [0.25, 0.3) is 0 Å². The van der Waals surface area contributed by atoms with Crippen LogP contribution in [-0.4, -0.2) is 52.2 Å². The molecule has 0 aliphatic carbocycles. The summed E-state index contributed by atoms with van der Waals surface area (Å²) in [6, 6.07) is 8.62. The van der Waals surface area contributed by atoms with Crippen LogP contribution in [0.4, 0.5) is 0 Å². The average molecular weight is 505 g/mol. The molecule has 0 saturated carbocycles. The Balaban J connectivity index is 0.00000104. The lowest BCUT2D eigenvalue weighted by Gasteiger charge is -2.31. The molecule has 198 valence electrons. The average Bonchev–Trinajstić information content (AvgIpc) is 2.82. The molecular formula is C27H36O9. The molecule has 36 heavy (non-hydrogen) atoms. The summed E-state index contributed by atoms with van der Waals surface area (Å²) in [6.07, 6.45) is 1.67. The van der Waals surface area contributed by atoms with E-state index in [-0.39, 0.29) is 11.5 Å². The molecule has 0 unspecified atom stereocenters. The Bertz CT molecular complexity index is 991. The third kappa shape index (κ3) is 9.61. The summed E-state index contributed by atoms with van der Waals surface area (Å²) in [5.74, 6) is -0.412. The lowest BCUT2D eigenvalue weighted by molar-refractivity contribution is -0.132. The Morgan fingerprint density at radius 2 is 1.25 bits per heavy atom. The minimum Gasteiger partial charge on any atom is -0.508 e. The van der Waals surface area contributed by atoms with Crippen LogP contribution in [0, 0.1) is 0 Å². The first-order chi connectivity index (χ1) is 16.9. The van der Waals surface area contributed by atoms with Crippen molar-refractivity contribution < 1.29 is 44.2 Å². The second kappa shape index (κ2) is 15.7. The van der Waals surface area contributed by atoms with Crippen molar-refractivity contribution in [1.82, 2.24) is 0 Å². The largest absolute Gasteiger partial charge is 0.508 e. The zero-order chi connectivity index (χ0) is 27.9. The van der Waals surface area contributed by atoms with Crippen molar-refractivity contribution in [3.63, 3.8) is 0 Å². The van der Waals surface area contributed by atoms with Crippen LogP contribution in [0.15, 0.2) is 55.6 Å². The molecule has 0 atom stereocenters. The van der Waals surface area contributed by atoms with Crippen LogP contribution in [0.1, 0.15) is 45.7 Å². The van der Waals surface area contributed by atoms with Gasteiger partial charge in [0.2, 0.25) is 5.75 Å². The molecule has 9 heteroatoms. The Morgan fingerprint density at radius 1 is 0.833 bits per heavy atom. The van der Waals surface area contributed by atoms with Crippen LogP contribution < -0.4 is 14.2 Å². The summed E-state index contributed by atoms with van der Waals surface area (Å²) >= 11 is 0. The van der Waals surface area contributed by atoms with E-state index in [0.717, 1.165) is 23.3 Å². The molecular weight excluding hydrogens is 468 g/mol. The number of carboxylic acid groups (broad SMARTS) is 2. The third-order valence-corrected chi connectivity index (χ3v) is 4.62. The molecule has 0 spiro atoms. The van der Waals surface area contributed by atoms with Crippen LogP contribution in [-0.2, 0) is 15.0 Å². The maximum absolute atomic E-state index is 10.4. The highest BCUT2D eigenvalue weighted by molar-refractivity contribution is 5.79. The fraction of sp³-hybridized carbons (Fsp3) is 0.333. The Hall–Kier alpha value is -4.14.